The van der Waals surface area contributed by atoms with Gasteiger partial charge in [-0.15, -0.1) is 0 Å². The molecule has 1 aromatic rings. The highest BCUT2D eigenvalue weighted by atomic mass is 16.6. The molecule has 1 aliphatic rings. The fourth-order valence-corrected chi connectivity index (χ4v) is 2.00. The summed E-state index contributed by atoms with van der Waals surface area (Å²) in [5, 5.41) is 11.7. The van der Waals surface area contributed by atoms with E-state index < -0.39 is 5.97 Å². The average molecular weight is 279 g/mol. The number of hydrogen-bond acceptors (Lipinski definition) is 4. The first-order valence-corrected chi connectivity index (χ1v) is 6.39. The molecule has 108 valence electrons. The first kappa shape index (κ1) is 14.5. The second kappa shape index (κ2) is 6.49. The molecular formula is C14H17NO5. The molecule has 6 heteroatoms. The van der Waals surface area contributed by atoms with Crippen molar-refractivity contribution in [2.24, 2.45) is 0 Å². The lowest BCUT2D eigenvalue weighted by molar-refractivity contribution is -0.0855. The number of carbonyl (C=O) groups excluding carboxylic acids is 1. The van der Waals surface area contributed by atoms with Crippen LogP contribution in [0.1, 0.15) is 26.3 Å². The first-order valence-electron chi connectivity index (χ1n) is 6.39. The van der Waals surface area contributed by atoms with Gasteiger partial charge in [0.1, 0.15) is 0 Å². The summed E-state index contributed by atoms with van der Waals surface area (Å²) in [6, 6.07) is 4.54. The van der Waals surface area contributed by atoms with Gasteiger partial charge in [0, 0.05) is 12.1 Å². The van der Waals surface area contributed by atoms with E-state index in [0.717, 1.165) is 5.56 Å². The van der Waals surface area contributed by atoms with Crippen LogP contribution in [-0.4, -0.2) is 49.5 Å². The van der Waals surface area contributed by atoms with Crippen LogP contribution in [-0.2, 0) is 9.47 Å². The Morgan fingerprint density at radius 3 is 2.70 bits per heavy atom. The number of aromatic carboxylic acids is 1. The Labute approximate surface area is 116 Å². The molecule has 0 saturated carbocycles. The molecule has 2 rings (SSSR count). The summed E-state index contributed by atoms with van der Waals surface area (Å²) in [5.74, 6) is -1.36. The van der Waals surface area contributed by atoms with E-state index >= 15 is 0 Å². The summed E-state index contributed by atoms with van der Waals surface area (Å²) in [6.45, 7) is 3.64. The maximum atomic E-state index is 12.0. The zero-order chi connectivity index (χ0) is 14.5. The molecule has 6 nitrogen and oxygen atoms in total. The molecule has 0 bridgehead atoms. The Kier molecular flexibility index (Phi) is 4.70. The van der Waals surface area contributed by atoms with Crippen LogP contribution in [0, 0.1) is 6.92 Å². The van der Waals surface area contributed by atoms with Gasteiger partial charge in [-0.3, -0.25) is 4.79 Å². The van der Waals surface area contributed by atoms with Gasteiger partial charge in [0.15, 0.2) is 0 Å². The Bertz CT molecular complexity index is 508. The Balaban J connectivity index is 1.99. The molecule has 0 aliphatic carbocycles. The van der Waals surface area contributed by atoms with Gasteiger partial charge in [-0.2, -0.15) is 0 Å². The van der Waals surface area contributed by atoms with Gasteiger partial charge in [0.2, 0.25) is 0 Å². The van der Waals surface area contributed by atoms with Gasteiger partial charge in [-0.25, -0.2) is 4.79 Å². The van der Waals surface area contributed by atoms with Crippen molar-refractivity contribution in [3.05, 3.63) is 34.9 Å². The van der Waals surface area contributed by atoms with Crippen molar-refractivity contribution in [2.75, 3.05) is 26.4 Å². The monoisotopic (exact) mass is 279 g/mol. The third kappa shape index (κ3) is 3.79. The van der Waals surface area contributed by atoms with Crippen molar-refractivity contribution in [3.8, 4) is 0 Å². The van der Waals surface area contributed by atoms with E-state index in [-0.39, 0.29) is 17.6 Å². The van der Waals surface area contributed by atoms with Gasteiger partial charge in [-0.1, -0.05) is 0 Å². The average Bonchev–Trinajstić information content (AvgIpc) is 2.45. The van der Waals surface area contributed by atoms with Crippen molar-refractivity contribution in [3.63, 3.8) is 0 Å². The summed E-state index contributed by atoms with van der Waals surface area (Å²) in [6.07, 6.45) is -0.156. The second-order valence-corrected chi connectivity index (χ2v) is 4.67. The van der Waals surface area contributed by atoms with Crippen LogP contribution in [0.15, 0.2) is 18.2 Å². The molecule has 1 aliphatic heterocycles. The molecule has 1 unspecified atom stereocenters. The number of hydrogen-bond donors (Lipinski definition) is 2. The minimum atomic E-state index is -1.05. The molecular weight excluding hydrogens is 262 g/mol. The molecule has 0 radical (unpaired) electrons. The third-order valence-corrected chi connectivity index (χ3v) is 2.96. The first-order chi connectivity index (χ1) is 9.56. The number of benzene rings is 1. The van der Waals surface area contributed by atoms with Crippen LogP contribution in [0.4, 0.5) is 0 Å². The molecule has 1 saturated heterocycles. The zero-order valence-electron chi connectivity index (χ0n) is 11.2. The van der Waals surface area contributed by atoms with E-state index in [1.54, 1.807) is 13.0 Å². The van der Waals surface area contributed by atoms with Crippen molar-refractivity contribution < 1.29 is 24.2 Å². The predicted molar refractivity (Wildman–Crippen MR) is 71.0 cm³/mol. The second-order valence-electron chi connectivity index (χ2n) is 4.67. The molecule has 2 N–H and O–H groups in total. The van der Waals surface area contributed by atoms with Crippen molar-refractivity contribution in [1.29, 1.82) is 0 Å². The predicted octanol–water partition coefficient (Wildman–Crippen LogP) is 0.838. The van der Waals surface area contributed by atoms with Crippen LogP contribution in [0.2, 0.25) is 0 Å². The van der Waals surface area contributed by atoms with Crippen LogP contribution < -0.4 is 5.32 Å². The molecule has 0 aromatic heterocycles. The lowest BCUT2D eigenvalue weighted by Gasteiger charge is -2.23. The van der Waals surface area contributed by atoms with Crippen LogP contribution in [0.3, 0.4) is 0 Å². The van der Waals surface area contributed by atoms with E-state index in [2.05, 4.69) is 5.32 Å². The lowest BCUT2D eigenvalue weighted by atomic mass is 10.1. The topological polar surface area (TPSA) is 84.9 Å². The fraction of sp³-hybridized carbons (Fsp3) is 0.429. The summed E-state index contributed by atoms with van der Waals surface area (Å²) >= 11 is 0. The minimum Gasteiger partial charge on any atom is -0.478 e. The Hall–Kier alpha value is -1.92. The van der Waals surface area contributed by atoms with Gasteiger partial charge in [0.05, 0.1) is 31.5 Å². The van der Waals surface area contributed by atoms with Crippen molar-refractivity contribution in [2.45, 2.75) is 13.0 Å². The van der Waals surface area contributed by atoms with E-state index in [1.807, 2.05) is 0 Å². The van der Waals surface area contributed by atoms with Crippen molar-refractivity contribution in [1.82, 2.24) is 5.32 Å². The van der Waals surface area contributed by atoms with E-state index in [1.165, 1.54) is 12.1 Å². The third-order valence-electron chi connectivity index (χ3n) is 2.96. The summed E-state index contributed by atoms with van der Waals surface area (Å²) in [7, 11) is 0. The smallest absolute Gasteiger partial charge is 0.335 e. The summed E-state index contributed by atoms with van der Waals surface area (Å²) < 4.78 is 10.7. The number of rotatable bonds is 4. The number of carboxylic acids is 1. The largest absolute Gasteiger partial charge is 0.478 e. The minimum absolute atomic E-state index is 0.104. The maximum absolute atomic E-state index is 12.0. The molecule has 1 amide bonds. The lowest BCUT2D eigenvalue weighted by Crippen LogP contribution is -2.39. The standard InChI is InChI=1S/C14H17NO5/c1-9-4-10(6-11(5-9)14(17)18)13(16)15-7-12-8-19-2-3-20-12/h4-6,12H,2-3,7-8H2,1H3,(H,15,16)(H,17,18). The van der Waals surface area contributed by atoms with Crippen molar-refractivity contribution >= 4 is 11.9 Å². The number of carbonyl (C=O) groups is 2. The van der Waals surface area contributed by atoms with Gasteiger partial charge in [-0.05, 0) is 30.7 Å². The van der Waals surface area contributed by atoms with Gasteiger partial charge >= 0.3 is 5.97 Å². The fourth-order valence-electron chi connectivity index (χ4n) is 2.00. The zero-order valence-corrected chi connectivity index (χ0v) is 11.2. The number of nitrogens with one attached hydrogen (secondary N) is 1. The summed E-state index contributed by atoms with van der Waals surface area (Å²) in [4.78, 5) is 23.0. The van der Waals surface area contributed by atoms with Crippen LogP contribution in [0.5, 0.6) is 0 Å². The molecule has 1 fully saturated rings. The molecule has 0 spiro atoms. The number of ether oxygens (including phenoxy) is 2. The van der Waals surface area contributed by atoms with E-state index in [9.17, 15) is 9.59 Å². The van der Waals surface area contributed by atoms with E-state index in [0.29, 0.717) is 31.9 Å². The highest BCUT2D eigenvalue weighted by Crippen LogP contribution is 2.10. The Morgan fingerprint density at radius 2 is 2.05 bits per heavy atom. The van der Waals surface area contributed by atoms with Crippen LogP contribution >= 0.6 is 0 Å². The number of aryl methyl sites for hydroxylation is 1. The SMILES string of the molecule is Cc1cc(C(=O)O)cc(C(=O)NCC2COCCO2)c1. The number of carboxylic acid groups (broad SMARTS) is 1. The molecule has 1 aromatic carbocycles. The Morgan fingerprint density at radius 1 is 1.30 bits per heavy atom. The molecule has 1 heterocycles. The number of amides is 1. The van der Waals surface area contributed by atoms with Crippen LogP contribution in [0.25, 0.3) is 0 Å². The molecule has 20 heavy (non-hydrogen) atoms. The summed E-state index contributed by atoms with van der Waals surface area (Å²) in [5.41, 5.74) is 1.17. The normalized spacial score (nSPS) is 18.6. The van der Waals surface area contributed by atoms with Gasteiger partial charge < -0.3 is 19.9 Å². The quantitative estimate of drug-likeness (QED) is 0.853. The highest BCUT2D eigenvalue weighted by molar-refractivity contribution is 5.97. The molecule has 1 atom stereocenters. The maximum Gasteiger partial charge on any atom is 0.335 e. The van der Waals surface area contributed by atoms with E-state index in [4.69, 9.17) is 14.6 Å². The van der Waals surface area contributed by atoms with Gasteiger partial charge in [0.25, 0.3) is 5.91 Å². The highest BCUT2D eigenvalue weighted by Gasteiger charge is 2.16.